The first-order valence-electron chi connectivity index (χ1n) is 8.10. The number of aromatic nitrogens is 2. The summed E-state index contributed by atoms with van der Waals surface area (Å²) in [6.45, 7) is 1.60. The van der Waals surface area contributed by atoms with E-state index in [0.717, 1.165) is 17.7 Å². The van der Waals surface area contributed by atoms with Crippen molar-refractivity contribution in [2.75, 3.05) is 26.2 Å². The van der Waals surface area contributed by atoms with Gasteiger partial charge in [-0.05, 0) is 29.7 Å². The topological polar surface area (TPSA) is 59.4 Å². The van der Waals surface area contributed by atoms with Crippen molar-refractivity contribution >= 4 is 6.03 Å². The summed E-state index contributed by atoms with van der Waals surface area (Å²) in [5.41, 5.74) is 1.57. The van der Waals surface area contributed by atoms with E-state index in [0.29, 0.717) is 38.2 Å². The Labute approximate surface area is 144 Å². The molecular formula is C17H20F2N4O2. The van der Waals surface area contributed by atoms with Gasteiger partial charge in [-0.25, -0.2) is 13.6 Å². The fourth-order valence-electron chi connectivity index (χ4n) is 2.77. The summed E-state index contributed by atoms with van der Waals surface area (Å²) in [4.78, 5) is 13.9. The smallest absolute Gasteiger partial charge is 0.317 e. The number of aryl methyl sites for hydroxylation is 1. The molecule has 0 radical (unpaired) electrons. The largest absolute Gasteiger partial charge is 0.370 e. The third-order valence-corrected chi connectivity index (χ3v) is 4.12. The number of benzene rings is 1. The highest BCUT2D eigenvalue weighted by Gasteiger charge is 2.25. The first kappa shape index (κ1) is 17.3. The third-order valence-electron chi connectivity index (χ3n) is 4.12. The second kappa shape index (κ2) is 7.60. The molecule has 1 atom stereocenters. The number of carbonyl (C=O) groups excluding carboxylic acids is 1. The Bertz CT molecular complexity index is 750. The SMILES string of the molecule is Cn1cc(CCNC(=O)N2CCO[C@H](c3ccc(F)c(F)c3)C2)cn1. The van der Waals surface area contributed by atoms with E-state index in [1.807, 2.05) is 13.2 Å². The highest BCUT2D eigenvalue weighted by molar-refractivity contribution is 5.74. The zero-order chi connectivity index (χ0) is 17.8. The molecule has 8 heteroatoms. The lowest BCUT2D eigenvalue weighted by Crippen LogP contribution is -2.47. The van der Waals surface area contributed by atoms with Gasteiger partial charge in [0.05, 0.1) is 19.3 Å². The van der Waals surface area contributed by atoms with E-state index in [1.165, 1.54) is 6.07 Å². The first-order valence-corrected chi connectivity index (χ1v) is 8.10. The van der Waals surface area contributed by atoms with Crippen molar-refractivity contribution in [2.24, 2.45) is 7.05 Å². The Morgan fingerprint density at radius 1 is 1.40 bits per heavy atom. The highest BCUT2D eigenvalue weighted by atomic mass is 19.2. The summed E-state index contributed by atoms with van der Waals surface area (Å²) < 4.78 is 33.8. The Morgan fingerprint density at radius 2 is 2.24 bits per heavy atom. The van der Waals surface area contributed by atoms with Crippen molar-refractivity contribution in [1.29, 1.82) is 0 Å². The molecule has 3 rings (SSSR count). The zero-order valence-corrected chi connectivity index (χ0v) is 13.9. The van der Waals surface area contributed by atoms with E-state index >= 15 is 0 Å². The van der Waals surface area contributed by atoms with Gasteiger partial charge in [0, 0.05) is 26.3 Å². The minimum atomic E-state index is -0.917. The number of amides is 2. The lowest BCUT2D eigenvalue weighted by molar-refractivity contribution is -0.0155. The standard InChI is InChI=1S/C17H20F2N4O2/c1-22-10-12(9-21-22)4-5-20-17(24)23-6-7-25-16(11-23)13-2-3-14(18)15(19)8-13/h2-3,8-10,16H,4-7,11H2,1H3,(H,20,24)/t16-/m0/s1. The number of morpholine rings is 1. The summed E-state index contributed by atoms with van der Waals surface area (Å²) >= 11 is 0. The Kier molecular flexibility index (Phi) is 5.28. The van der Waals surface area contributed by atoms with Crippen LogP contribution in [0.1, 0.15) is 17.2 Å². The van der Waals surface area contributed by atoms with Crippen molar-refractivity contribution in [3.05, 3.63) is 53.4 Å². The maximum atomic E-state index is 13.4. The molecule has 25 heavy (non-hydrogen) atoms. The summed E-state index contributed by atoms with van der Waals surface area (Å²) in [6, 6.07) is 3.47. The van der Waals surface area contributed by atoms with Gasteiger partial charge in [-0.1, -0.05) is 6.07 Å². The number of carbonyl (C=O) groups is 1. The van der Waals surface area contributed by atoms with Crippen LogP contribution in [0.25, 0.3) is 0 Å². The van der Waals surface area contributed by atoms with E-state index < -0.39 is 17.7 Å². The van der Waals surface area contributed by atoms with Crippen molar-refractivity contribution in [1.82, 2.24) is 20.0 Å². The molecule has 1 N–H and O–H groups in total. The van der Waals surface area contributed by atoms with Crippen LogP contribution in [0.3, 0.4) is 0 Å². The molecule has 1 saturated heterocycles. The van der Waals surface area contributed by atoms with E-state index in [2.05, 4.69) is 10.4 Å². The molecule has 1 aromatic carbocycles. The van der Waals surface area contributed by atoms with Gasteiger partial charge in [0.15, 0.2) is 11.6 Å². The highest BCUT2D eigenvalue weighted by Crippen LogP contribution is 2.23. The van der Waals surface area contributed by atoms with Crippen LogP contribution in [0.2, 0.25) is 0 Å². The second-order valence-corrected chi connectivity index (χ2v) is 5.98. The summed E-state index contributed by atoms with van der Waals surface area (Å²) in [5.74, 6) is -1.82. The van der Waals surface area contributed by atoms with E-state index in [9.17, 15) is 13.6 Å². The molecule has 1 fully saturated rings. The van der Waals surface area contributed by atoms with Crippen LogP contribution in [0.15, 0.2) is 30.6 Å². The van der Waals surface area contributed by atoms with Gasteiger partial charge in [0.2, 0.25) is 0 Å². The Morgan fingerprint density at radius 3 is 2.96 bits per heavy atom. The van der Waals surface area contributed by atoms with Crippen LogP contribution in [0.5, 0.6) is 0 Å². The predicted molar refractivity (Wildman–Crippen MR) is 86.9 cm³/mol. The van der Waals surface area contributed by atoms with Gasteiger partial charge >= 0.3 is 6.03 Å². The van der Waals surface area contributed by atoms with Gasteiger partial charge in [-0.15, -0.1) is 0 Å². The van der Waals surface area contributed by atoms with Crippen LogP contribution in [-0.2, 0) is 18.2 Å². The van der Waals surface area contributed by atoms with Crippen LogP contribution in [0.4, 0.5) is 13.6 Å². The number of rotatable bonds is 4. The maximum Gasteiger partial charge on any atom is 0.317 e. The maximum absolute atomic E-state index is 13.4. The molecular weight excluding hydrogens is 330 g/mol. The quantitative estimate of drug-likeness (QED) is 0.918. The van der Waals surface area contributed by atoms with Gasteiger partial charge in [-0.2, -0.15) is 5.10 Å². The molecule has 0 saturated carbocycles. The normalized spacial score (nSPS) is 17.6. The average molecular weight is 350 g/mol. The van der Waals surface area contributed by atoms with Crippen molar-refractivity contribution in [3.8, 4) is 0 Å². The summed E-state index contributed by atoms with van der Waals surface area (Å²) in [5, 5.41) is 6.94. The van der Waals surface area contributed by atoms with Gasteiger partial charge in [0.25, 0.3) is 0 Å². The Balaban J connectivity index is 1.53. The molecule has 1 aliphatic heterocycles. The van der Waals surface area contributed by atoms with Gasteiger partial charge < -0.3 is 15.0 Å². The fourth-order valence-corrected chi connectivity index (χ4v) is 2.77. The van der Waals surface area contributed by atoms with Gasteiger partial charge in [-0.3, -0.25) is 4.68 Å². The number of nitrogens with one attached hydrogen (secondary N) is 1. The lowest BCUT2D eigenvalue weighted by atomic mass is 10.1. The second-order valence-electron chi connectivity index (χ2n) is 5.98. The van der Waals surface area contributed by atoms with Crippen molar-refractivity contribution in [3.63, 3.8) is 0 Å². The molecule has 0 aliphatic carbocycles. The van der Waals surface area contributed by atoms with Crippen LogP contribution in [-0.4, -0.2) is 47.0 Å². The zero-order valence-electron chi connectivity index (χ0n) is 13.9. The molecule has 2 amide bonds. The molecule has 1 aromatic heterocycles. The van der Waals surface area contributed by atoms with Crippen molar-refractivity contribution < 1.29 is 18.3 Å². The summed E-state index contributed by atoms with van der Waals surface area (Å²) in [7, 11) is 1.84. The first-order chi connectivity index (χ1) is 12.0. The van der Waals surface area contributed by atoms with Crippen molar-refractivity contribution in [2.45, 2.75) is 12.5 Å². The fraction of sp³-hybridized carbons (Fsp3) is 0.412. The molecule has 6 nitrogen and oxygen atoms in total. The third kappa shape index (κ3) is 4.33. The number of ether oxygens (including phenoxy) is 1. The molecule has 2 heterocycles. The number of halogens is 2. The molecule has 0 unspecified atom stereocenters. The predicted octanol–water partition coefficient (Wildman–Crippen LogP) is 2.02. The molecule has 0 bridgehead atoms. The monoisotopic (exact) mass is 350 g/mol. The van der Waals surface area contributed by atoms with Crippen LogP contribution < -0.4 is 5.32 Å². The van der Waals surface area contributed by atoms with E-state index in [4.69, 9.17) is 4.74 Å². The number of urea groups is 1. The minimum Gasteiger partial charge on any atom is -0.370 e. The average Bonchev–Trinajstić information content (AvgIpc) is 3.02. The summed E-state index contributed by atoms with van der Waals surface area (Å²) in [6.07, 6.45) is 3.89. The molecule has 134 valence electrons. The number of hydrogen-bond acceptors (Lipinski definition) is 3. The minimum absolute atomic E-state index is 0.195. The number of hydrogen-bond donors (Lipinski definition) is 1. The van der Waals surface area contributed by atoms with E-state index in [1.54, 1.807) is 15.8 Å². The van der Waals surface area contributed by atoms with E-state index in [-0.39, 0.29) is 6.03 Å². The molecule has 2 aromatic rings. The lowest BCUT2D eigenvalue weighted by Gasteiger charge is -2.33. The molecule has 1 aliphatic rings. The number of nitrogens with zero attached hydrogens (tertiary/aromatic N) is 3. The van der Waals surface area contributed by atoms with Gasteiger partial charge in [0.1, 0.15) is 6.10 Å². The van der Waals surface area contributed by atoms with Crippen LogP contribution in [0, 0.1) is 11.6 Å². The molecule has 0 spiro atoms. The van der Waals surface area contributed by atoms with Crippen LogP contribution >= 0.6 is 0 Å². The Hall–Kier alpha value is -2.48.